The highest BCUT2D eigenvalue weighted by Gasteiger charge is 2.19. The van der Waals surface area contributed by atoms with E-state index in [-0.39, 0.29) is 5.60 Å². The molecule has 0 heterocycles. The van der Waals surface area contributed by atoms with Crippen LogP contribution in [0.1, 0.15) is 20.3 Å². The fourth-order valence-corrected chi connectivity index (χ4v) is 1.70. The van der Waals surface area contributed by atoms with Crippen molar-refractivity contribution >= 4 is 23.2 Å². The summed E-state index contributed by atoms with van der Waals surface area (Å²) in [6.45, 7) is 4.54. The normalized spacial score (nSPS) is 11.5. The summed E-state index contributed by atoms with van der Waals surface area (Å²) in [5.74, 6) is 0.638. The second kappa shape index (κ2) is 5.06. The van der Waals surface area contributed by atoms with Crippen LogP contribution in [-0.4, -0.2) is 12.1 Å². The molecule has 0 spiro atoms. The first-order valence-electron chi connectivity index (χ1n) is 4.79. The van der Waals surface area contributed by atoms with Gasteiger partial charge >= 0.3 is 0 Å². The highest BCUT2D eigenvalue weighted by molar-refractivity contribution is 6.35. The largest absolute Gasteiger partial charge is 0.486 e. The Labute approximate surface area is 100 Å². The molecule has 15 heavy (non-hydrogen) atoms. The van der Waals surface area contributed by atoms with Crippen LogP contribution in [0.2, 0.25) is 10.0 Å². The third-order valence-corrected chi connectivity index (χ3v) is 2.56. The van der Waals surface area contributed by atoms with E-state index in [1.54, 1.807) is 18.2 Å². The first-order valence-corrected chi connectivity index (χ1v) is 5.54. The first-order chi connectivity index (χ1) is 6.94. The second-order valence-electron chi connectivity index (χ2n) is 3.98. The van der Waals surface area contributed by atoms with Gasteiger partial charge in [0.15, 0.2) is 0 Å². The predicted molar refractivity (Wildman–Crippen MR) is 64.8 cm³/mol. The van der Waals surface area contributed by atoms with Gasteiger partial charge in [-0.3, -0.25) is 0 Å². The lowest BCUT2D eigenvalue weighted by Gasteiger charge is -2.26. The van der Waals surface area contributed by atoms with E-state index < -0.39 is 0 Å². The number of ether oxygens (including phenoxy) is 1. The van der Waals surface area contributed by atoms with Crippen LogP contribution in [-0.2, 0) is 0 Å². The Bertz CT molecular complexity index is 339. The molecular weight excluding hydrogens is 233 g/mol. The molecule has 0 atom stereocenters. The molecule has 0 fully saturated rings. The standard InChI is InChI=1S/C11H15Cl2NO/c1-11(2,5-6-14)15-10-4-3-8(12)7-9(10)13/h3-4,7H,5-6,14H2,1-2H3. The molecule has 4 heteroatoms. The molecule has 0 unspecified atom stereocenters. The predicted octanol–water partition coefficient (Wildman–Crippen LogP) is 3.50. The van der Waals surface area contributed by atoms with Crippen molar-refractivity contribution < 1.29 is 4.74 Å². The molecule has 1 aromatic rings. The minimum absolute atomic E-state index is 0.313. The van der Waals surface area contributed by atoms with Crippen LogP contribution >= 0.6 is 23.2 Å². The van der Waals surface area contributed by atoms with E-state index in [2.05, 4.69) is 0 Å². The Morgan fingerprint density at radius 3 is 2.53 bits per heavy atom. The van der Waals surface area contributed by atoms with Crippen molar-refractivity contribution in [3.63, 3.8) is 0 Å². The van der Waals surface area contributed by atoms with Gasteiger partial charge in [-0.25, -0.2) is 0 Å². The van der Waals surface area contributed by atoms with E-state index in [0.717, 1.165) is 6.42 Å². The van der Waals surface area contributed by atoms with E-state index in [1.807, 2.05) is 13.8 Å². The van der Waals surface area contributed by atoms with Crippen LogP contribution in [0.15, 0.2) is 18.2 Å². The van der Waals surface area contributed by atoms with Gasteiger partial charge < -0.3 is 10.5 Å². The molecule has 0 aromatic heterocycles. The maximum Gasteiger partial charge on any atom is 0.138 e. The lowest BCUT2D eigenvalue weighted by Crippen LogP contribution is -2.31. The molecule has 0 amide bonds. The topological polar surface area (TPSA) is 35.2 Å². The second-order valence-corrected chi connectivity index (χ2v) is 4.82. The molecule has 84 valence electrons. The van der Waals surface area contributed by atoms with Crippen molar-refractivity contribution in [2.45, 2.75) is 25.9 Å². The van der Waals surface area contributed by atoms with Crippen molar-refractivity contribution in [1.29, 1.82) is 0 Å². The van der Waals surface area contributed by atoms with Crippen LogP contribution in [0.5, 0.6) is 5.75 Å². The summed E-state index contributed by atoms with van der Waals surface area (Å²) in [6, 6.07) is 5.18. The number of hydrogen-bond acceptors (Lipinski definition) is 2. The van der Waals surface area contributed by atoms with Crippen LogP contribution in [0, 0.1) is 0 Å². The van der Waals surface area contributed by atoms with Gasteiger partial charge in [-0.05, 0) is 45.0 Å². The number of nitrogens with two attached hydrogens (primary N) is 1. The number of hydrogen-bond donors (Lipinski definition) is 1. The first kappa shape index (κ1) is 12.6. The molecule has 1 rings (SSSR count). The van der Waals surface area contributed by atoms with E-state index in [0.29, 0.717) is 22.3 Å². The number of benzene rings is 1. The Hall–Kier alpha value is -0.440. The van der Waals surface area contributed by atoms with Crippen molar-refractivity contribution in [3.05, 3.63) is 28.2 Å². The molecule has 0 aliphatic carbocycles. The van der Waals surface area contributed by atoms with Crippen LogP contribution in [0.25, 0.3) is 0 Å². The lowest BCUT2D eigenvalue weighted by molar-refractivity contribution is 0.102. The zero-order valence-corrected chi connectivity index (χ0v) is 10.4. The molecule has 0 saturated carbocycles. The molecular formula is C11H15Cl2NO. The monoisotopic (exact) mass is 247 g/mol. The van der Waals surface area contributed by atoms with Gasteiger partial charge in [-0.1, -0.05) is 23.2 Å². The number of rotatable bonds is 4. The highest BCUT2D eigenvalue weighted by atomic mass is 35.5. The Morgan fingerprint density at radius 2 is 2.00 bits per heavy atom. The Morgan fingerprint density at radius 1 is 1.33 bits per heavy atom. The third-order valence-electron chi connectivity index (χ3n) is 2.03. The molecule has 0 bridgehead atoms. The van der Waals surface area contributed by atoms with Crippen LogP contribution in [0.3, 0.4) is 0 Å². The fraction of sp³-hybridized carbons (Fsp3) is 0.455. The van der Waals surface area contributed by atoms with Gasteiger partial charge in [-0.15, -0.1) is 0 Å². The van der Waals surface area contributed by atoms with Crippen LogP contribution in [0.4, 0.5) is 0 Å². The van der Waals surface area contributed by atoms with E-state index >= 15 is 0 Å². The fourth-order valence-electron chi connectivity index (χ4n) is 1.25. The van der Waals surface area contributed by atoms with Gasteiger partial charge in [0.1, 0.15) is 11.4 Å². The SMILES string of the molecule is CC(C)(CCN)Oc1ccc(Cl)cc1Cl. The summed E-state index contributed by atoms with van der Waals surface area (Å²) in [6.07, 6.45) is 0.770. The molecule has 0 radical (unpaired) electrons. The summed E-state index contributed by atoms with van der Waals surface area (Å²) in [5.41, 5.74) is 5.18. The molecule has 0 aliphatic heterocycles. The summed E-state index contributed by atoms with van der Waals surface area (Å²) in [4.78, 5) is 0. The Kier molecular flexibility index (Phi) is 4.26. The minimum atomic E-state index is -0.313. The highest BCUT2D eigenvalue weighted by Crippen LogP contribution is 2.31. The minimum Gasteiger partial charge on any atom is -0.486 e. The van der Waals surface area contributed by atoms with Gasteiger partial charge in [0.05, 0.1) is 5.02 Å². The Balaban J connectivity index is 2.80. The molecule has 0 aliphatic rings. The van der Waals surface area contributed by atoms with Crippen molar-refractivity contribution in [1.82, 2.24) is 0 Å². The smallest absolute Gasteiger partial charge is 0.138 e. The van der Waals surface area contributed by atoms with E-state index in [1.165, 1.54) is 0 Å². The summed E-state index contributed by atoms with van der Waals surface area (Å²) in [7, 11) is 0. The summed E-state index contributed by atoms with van der Waals surface area (Å²) >= 11 is 11.8. The molecule has 1 aromatic carbocycles. The molecule has 2 N–H and O–H groups in total. The maximum atomic E-state index is 6.00. The summed E-state index contributed by atoms with van der Waals surface area (Å²) < 4.78 is 5.76. The van der Waals surface area contributed by atoms with E-state index in [9.17, 15) is 0 Å². The number of halogens is 2. The lowest BCUT2D eigenvalue weighted by atomic mass is 10.1. The van der Waals surface area contributed by atoms with Crippen molar-refractivity contribution in [2.24, 2.45) is 5.73 Å². The zero-order chi connectivity index (χ0) is 11.5. The van der Waals surface area contributed by atoms with Crippen molar-refractivity contribution in [2.75, 3.05) is 6.54 Å². The van der Waals surface area contributed by atoms with Gasteiger partial charge in [0, 0.05) is 5.02 Å². The average Bonchev–Trinajstić information content (AvgIpc) is 2.09. The average molecular weight is 248 g/mol. The molecule has 2 nitrogen and oxygen atoms in total. The van der Waals surface area contributed by atoms with Gasteiger partial charge in [0.2, 0.25) is 0 Å². The van der Waals surface area contributed by atoms with Gasteiger partial charge in [-0.2, -0.15) is 0 Å². The van der Waals surface area contributed by atoms with E-state index in [4.69, 9.17) is 33.7 Å². The molecule has 0 saturated heterocycles. The maximum absolute atomic E-state index is 6.00. The zero-order valence-electron chi connectivity index (χ0n) is 8.89. The van der Waals surface area contributed by atoms with Crippen molar-refractivity contribution in [3.8, 4) is 5.75 Å². The third kappa shape index (κ3) is 3.90. The van der Waals surface area contributed by atoms with Crippen LogP contribution < -0.4 is 10.5 Å². The summed E-state index contributed by atoms with van der Waals surface area (Å²) in [5, 5.41) is 1.12. The van der Waals surface area contributed by atoms with Gasteiger partial charge in [0.25, 0.3) is 0 Å². The quantitative estimate of drug-likeness (QED) is 0.884.